The van der Waals surface area contributed by atoms with Crippen molar-refractivity contribution in [2.45, 2.75) is 26.3 Å². The van der Waals surface area contributed by atoms with Crippen LogP contribution in [0.2, 0.25) is 0 Å². The van der Waals surface area contributed by atoms with E-state index < -0.39 is 5.92 Å². The third-order valence-electron chi connectivity index (χ3n) is 3.19. The minimum absolute atomic E-state index is 0.124. The number of carbonyl (C=O) groups excluding carboxylic acids is 2. The molecule has 0 aliphatic carbocycles. The molecule has 6 heteroatoms. The van der Waals surface area contributed by atoms with Gasteiger partial charge in [-0.1, -0.05) is 19.9 Å². The zero-order valence-corrected chi connectivity index (χ0v) is 12.9. The van der Waals surface area contributed by atoms with Crippen LogP contribution in [0.15, 0.2) is 17.5 Å². The van der Waals surface area contributed by atoms with Crippen molar-refractivity contribution in [1.29, 1.82) is 0 Å². The SMILES string of the molecule is CCC(CO)N(CC(C)C(=O)OC)C(=O)c1cccs1. The molecule has 112 valence electrons. The molecule has 0 radical (unpaired) electrons. The fraction of sp³-hybridized carbons (Fsp3) is 0.571. The summed E-state index contributed by atoms with van der Waals surface area (Å²) in [5, 5.41) is 11.3. The largest absolute Gasteiger partial charge is 0.469 e. The smallest absolute Gasteiger partial charge is 0.310 e. The molecule has 0 bridgehead atoms. The van der Waals surface area contributed by atoms with Gasteiger partial charge in [0.2, 0.25) is 0 Å². The second-order valence-electron chi connectivity index (χ2n) is 4.60. The van der Waals surface area contributed by atoms with Gasteiger partial charge in [-0.25, -0.2) is 0 Å². The van der Waals surface area contributed by atoms with Crippen LogP contribution in [-0.2, 0) is 9.53 Å². The minimum atomic E-state index is -0.426. The lowest BCUT2D eigenvalue weighted by Crippen LogP contribution is -2.45. The molecule has 1 amide bonds. The van der Waals surface area contributed by atoms with Gasteiger partial charge in [0.15, 0.2) is 0 Å². The average molecular weight is 299 g/mol. The maximum absolute atomic E-state index is 12.5. The molecule has 0 saturated carbocycles. The summed E-state index contributed by atoms with van der Waals surface area (Å²) in [6.45, 7) is 3.73. The summed E-state index contributed by atoms with van der Waals surface area (Å²) in [6.07, 6.45) is 0.626. The van der Waals surface area contributed by atoms with Crippen LogP contribution in [0.25, 0.3) is 0 Å². The van der Waals surface area contributed by atoms with Crippen molar-refractivity contribution in [3.8, 4) is 0 Å². The Morgan fingerprint density at radius 1 is 1.50 bits per heavy atom. The first-order valence-electron chi connectivity index (χ1n) is 6.58. The van der Waals surface area contributed by atoms with Gasteiger partial charge in [0.1, 0.15) is 0 Å². The number of ether oxygens (including phenoxy) is 1. The molecule has 0 aliphatic rings. The third kappa shape index (κ3) is 4.05. The Morgan fingerprint density at radius 2 is 2.20 bits per heavy atom. The number of aliphatic hydroxyl groups is 1. The van der Waals surface area contributed by atoms with E-state index in [1.54, 1.807) is 24.0 Å². The quantitative estimate of drug-likeness (QED) is 0.779. The van der Waals surface area contributed by atoms with E-state index in [4.69, 9.17) is 4.74 Å². The second-order valence-corrected chi connectivity index (χ2v) is 5.55. The molecule has 0 saturated heterocycles. The van der Waals surface area contributed by atoms with Crippen LogP contribution in [-0.4, -0.2) is 48.2 Å². The normalized spacial score (nSPS) is 13.6. The molecule has 2 atom stereocenters. The molecule has 1 aromatic rings. The summed E-state index contributed by atoms with van der Waals surface area (Å²) in [6, 6.07) is 3.25. The fourth-order valence-corrected chi connectivity index (χ4v) is 2.64. The predicted octanol–water partition coefficient (Wildman–Crippen LogP) is 1.77. The number of carbonyl (C=O) groups is 2. The zero-order chi connectivity index (χ0) is 15.1. The van der Waals surface area contributed by atoms with Crippen molar-refractivity contribution >= 4 is 23.2 Å². The third-order valence-corrected chi connectivity index (χ3v) is 4.05. The number of hydrogen-bond acceptors (Lipinski definition) is 5. The zero-order valence-electron chi connectivity index (χ0n) is 12.0. The topological polar surface area (TPSA) is 66.8 Å². The van der Waals surface area contributed by atoms with Crippen molar-refractivity contribution in [2.75, 3.05) is 20.3 Å². The molecule has 20 heavy (non-hydrogen) atoms. The Bertz CT molecular complexity index is 428. The minimum Gasteiger partial charge on any atom is -0.469 e. The summed E-state index contributed by atoms with van der Waals surface area (Å²) >= 11 is 1.35. The van der Waals surface area contributed by atoms with E-state index in [0.29, 0.717) is 11.3 Å². The van der Waals surface area contributed by atoms with Crippen LogP contribution < -0.4 is 0 Å². The number of amides is 1. The molecule has 1 heterocycles. The Morgan fingerprint density at radius 3 is 2.65 bits per heavy atom. The van der Waals surface area contributed by atoms with E-state index in [1.165, 1.54) is 18.4 Å². The molecule has 1 aromatic heterocycles. The Kier molecular flexibility index (Phi) is 6.67. The van der Waals surface area contributed by atoms with Crippen molar-refractivity contribution in [2.24, 2.45) is 5.92 Å². The maximum atomic E-state index is 12.5. The molecule has 0 spiro atoms. The highest BCUT2D eigenvalue weighted by Gasteiger charge is 2.27. The maximum Gasteiger partial charge on any atom is 0.310 e. The number of nitrogens with zero attached hydrogens (tertiary/aromatic N) is 1. The van der Waals surface area contributed by atoms with Gasteiger partial charge in [-0.2, -0.15) is 0 Å². The predicted molar refractivity (Wildman–Crippen MR) is 77.7 cm³/mol. The Hall–Kier alpha value is -1.40. The van der Waals surface area contributed by atoms with Crippen LogP contribution in [0.4, 0.5) is 0 Å². The molecule has 1 rings (SSSR count). The van der Waals surface area contributed by atoms with Crippen molar-refractivity contribution < 1.29 is 19.4 Å². The fourth-order valence-electron chi connectivity index (χ4n) is 1.96. The second kappa shape index (κ2) is 8.01. The molecule has 5 nitrogen and oxygen atoms in total. The monoisotopic (exact) mass is 299 g/mol. The summed E-state index contributed by atoms with van der Waals surface area (Å²) in [7, 11) is 1.33. The van der Waals surface area contributed by atoms with E-state index in [0.717, 1.165) is 0 Å². The highest BCUT2D eigenvalue weighted by atomic mass is 32.1. The first kappa shape index (κ1) is 16.7. The van der Waals surface area contributed by atoms with E-state index in [-0.39, 0.29) is 31.1 Å². The van der Waals surface area contributed by atoms with Gasteiger partial charge in [-0.05, 0) is 17.9 Å². The molecular weight excluding hydrogens is 278 g/mol. The number of hydrogen-bond donors (Lipinski definition) is 1. The van der Waals surface area contributed by atoms with Crippen molar-refractivity contribution in [3.05, 3.63) is 22.4 Å². The van der Waals surface area contributed by atoms with Crippen LogP contribution in [0.3, 0.4) is 0 Å². The summed E-state index contributed by atoms with van der Waals surface area (Å²) in [5.74, 6) is -0.942. The molecule has 0 aromatic carbocycles. The number of rotatable bonds is 7. The standard InChI is InChI=1S/C14H21NO4S/c1-4-11(9-16)15(8-10(2)14(18)19-3)13(17)12-6-5-7-20-12/h5-7,10-11,16H,4,8-9H2,1-3H3. The van der Waals surface area contributed by atoms with Gasteiger partial charge in [0.05, 0.1) is 30.6 Å². The van der Waals surface area contributed by atoms with Crippen LogP contribution in [0.1, 0.15) is 29.9 Å². The van der Waals surface area contributed by atoms with E-state index in [2.05, 4.69) is 0 Å². The lowest BCUT2D eigenvalue weighted by molar-refractivity contribution is -0.145. The van der Waals surface area contributed by atoms with Gasteiger partial charge in [0, 0.05) is 6.54 Å². The van der Waals surface area contributed by atoms with E-state index in [1.807, 2.05) is 12.3 Å². The molecular formula is C14H21NO4S. The van der Waals surface area contributed by atoms with Crippen LogP contribution in [0.5, 0.6) is 0 Å². The number of thiophene rings is 1. The first-order chi connectivity index (χ1) is 9.54. The summed E-state index contributed by atoms with van der Waals surface area (Å²) in [5.41, 5.74) is 0. The van der Waals surface area contributed by atoms with E-state index in [9.17, 15) is 14.7 Å². The molecule has 1 N–H and O–H groups in total. The Labute approximate surface area is 123 Å². The lowest BCUT2D eigenvalue weighted by Gasteiger charge is -2.31. The molecule has 2 unspecified atom stereocenters. The number of aliphatic hydroxyl groups excluding tert-OH is 1. The van der Waals surface area contributed by atoms with Crippen LogP contribution >= 0.6 is 11.3 Å². The van der Waals surface area contributed by atoms with Gasteiger partial charge < -0.3 is 14.7 Å². The highest BCUT2D eigenvalue weighted by Crippen LogP contribution is 2.17. The lowest BCUT2D eigenvalue weighted by atomic mass is 10.1. The van der Waals surface area contributed by atoms with Crippen LogP contribution in [0, 0.1) is 5.92 Å². The number of esters is 1. The summed E-state index contributed by atoms with van der Waals surface area (Å²) < 4.78 is 4.69. The van der Waals surface area contributed by atoms with Gasteiger partial charge in [0.25, 0.3) is 5.91 Å². The average Bonchev–Trinajstić information content (AvgIpc) is 2.99. The molecule has 0 aliphatic heterocycles. The van der Waals surface area contributed by atoms with Gasteiger partial charge >= 0.3 is 5.97 Å². The van der Waals surface area contributed by atoms with Crippen molar-refractivity contribution in [1.82, 2.24) is 4.90 Å². The van der Waals surface area contributed by atoms with Gasteiger partial charge in [-0.3, -0.25) is 9.59 Å². The first-order valence-corrected chi connectivity index (χ1v) is 7.46. The Balaban J connectivity index is 2.90. The summed E-state index contributed by atoms with van der Waals surface area (Å²) in [4.78, 5) is 26.2. The number of methoxy groups -OCH3 is 1. The van der Waals surface area contributed by atoms with E-state index >= 15 is 0 Å². The van der Waals surface area contributed by atoms with Crippen molar-refractivity contribution in [3.63, 3.8) is 0 Å². The highest BCUT2D eigenvalue weighted by molar-refractivity contribution is 7.12. The molecule has 0 fully saturated rings. The van der Waals surface area contributed by atoms with Gasteiger partial charge in [-0.15, -0.1) is 11.3 Å².